The number of ether oxygens (including phenoxy) is 2. The van der Waals surface area contributed by atoms with E-state index in [1.807, 2.05) is 18.7 Å². The van der Waals surface area contributed by atoms with Crippen molar-refractivity contribution in [3.8, 4) is 0 Å². The summed E-state index contributed by atoms with van der Waals surface area (Å²) in [4.78, 5) is 12.5. The van der Waals surface area contributed by atoms with E-state index in [9.17, 15) is 4.79 Å². The standard InChI is InChI=1S/C10H21NO4/c1-4-15-8-9(2)11(5-6-14-3)7-10(12)13/h9H,4-8H2,1-3H3,(H,12,13). The first-order chi connectivity index (χ1) is 7.11. The summed E-state index contributed by atoms with van der Waals surface area (Å²) in [5.74, 6) is -0.825. The second kappa shape index (κ2) is 8.64. The molecule has 90 valence electrons. The highest BCUT2D eigenvalue weighted by molar-refractivity contribution is 5.69. The fraction of sp³-hybridized carbons (Fsp3) is 0.900. The minimum absolute atomic E-state index is 0.0254. The predicted octanol–water partition coefficient (Wildman–Crippen LogP) is 0.444. The number of carbonyl (C=O) groups is 1. The molecule has 0 aromatic rings. The Balaban J connectivity index is 4.01. The first-order valence-electron chi connectivity index (χ1n) is 5.14. The second-order valence-electron chi connectivity index (χ2n) is 3.37. The fourth-order valence-corrected chi connectivity index (χ4v) is 1.23. The summed E-state index contributed by atoms with van der Waals surface area (Å²) in [6, 6.07) is 0.0937. The number of methoxy groups -OCH3 is 1. The molecule has 0 aliphatic carbocycles. The van der Waals surface area contributed by atoms with E-state index in [-0.39, 0.29) is 12.6 Å². The van der Waals surface area contributed by atoms with Gasteiger partial charge >= 0.3 is 5.97 Å². The third-order valence-electron chi connectivity index (χ3n) is 2.11. The van der Waals surface area contributed by atoms with Crippen LogP contribution in [0, 0.1) is 0 Å². The van der Waals surface area contributed by atoms with Crippen LogP contribution in [0.1, 0.15) is 13.8 Å². The lowest BCUT2D eigenvalue weighted by Crippen LogP contribution is -2.41. The van der Waals surface area contributed by atoms with Crippen LogP contribution in [-0.2, 0) is 14.3 Å². The smallest absolute Gasteiger partial charge is 0.317 e. The normalized spacial score (nSPS) is 13.1. The summed E-state index contributed by atoms with van der Waals surface area (Å²) >= 11 is 0. The Morgan fingerprint density at radius 3 is 2.67 bits per heavy atom. The number of hydrogen-bond acceptors (Lipinski definition) is 4. The summed E-state index contributed by atoms with van der Waals surface area (Å²) in [6.45, 7) is 6.24. The third kappa shape index (κ3) is 7.30. The second-order valence-corrected chi connectivity index (χ2v) is 3.37. The zero-order valence-electron chi connectivity index (χ0n) is 9.73. The van der Waals surface area contributed by atoms with Crippen molar-refractivity contribution in [3.63, 3.8) is 0 Å². The van der Waals surface area contributed by atoms with Gasteiger partial charge in [0.05, 0.1) is 19.8 Å². The summed E-state index contributed by atoms with van der Waals surface area (Å²) in [5, 5.41) is 8.73. The van der Waals surface area contributed by atoms with E-state index in [0.29, 0.717) is 26.4 Å². The number of aliphatic carboxylic acids is 1. The van der Waals surface area contributed by atoms with E-state index in [1.165, 1.54) is 0 Å². The lowest BCUT2D eigenvalue weighted by atomic mass is 10.3. The number of carboxylic acid groups (broad SMARTS) is 1. The van der Waals surface area contributed by atoms with E-state index in [0.717, 1.165) is 0 Å². The van der Waals surface area contributed by atoms with Crippen LogP contribution >= 0.6 is 0 Å². The molecule has 1 atom stereocenters. The molecule has 1 unspecified atom stereocenters. The van der Waals surface area contributed by atoms with E-state index in [4.69, 9.17) is 14.6 Å². The van der Waals surface area contributed by atoms with Crippen molar-refractivity contribution in [3.05, 3.63) is 0 Å². The molecule has 0 radical (unpaired) electrons. The first kappa shape index (κ1) is 14.3. The highest BCUT2D eigenvalue weighted by Crippen LogP contribution is 1.99. The molecule has 5 nitrogen and oxygen atoms in total. The zero-order chi connectivity index (χ0) is 11.7. The van der Waals surface area contributed by atoms with Crippen molar-refractivity contribution >= 4 is 5.97 Å². The number of carboxylic acids is 1. The Bertz CT molecular complexity index is 175. The maximum atomic E-state index is 10.6. The molecule has 0 aliphatic heterocycles. The minimum Gasteiger partial charge on any atom is -0.480 e. The van der Waals surface area contributed by atoms with E-state index in [1.54, 1.807) is 7.11 Å². The third-order valence-corrected chi connectivity index (χ3v) is 2.11. The van der Waals surface area contributed by atoms with Gasteiger partial charge in [0.1, 0.15) is 0 Å². The van der Waals surface area contributed by atoms with Crippen LogP contribution < -0.4 is 0 Å². The van der Waals surface area contributed by atoms with Gasteiger partial charge in [-0.2, -0.15) is 0 Å². The molecule has 0 fully saturated rings. The quantitative estimate of drug-likeness (QED) is 0.610. The minimum atomic E-state index is -0.825. The molecule has 0 heterocycles. The molecule has 0 aliphatic rings. The molecule has 0 saturated carbocycles. The van der Waals surface area contributed by atoms with Crippen molar-refractivity contribution in [2.24, 2.45) is 0 Å². The van der Waals surface area contributed by atoms with Gasteiger partial charge in [-0.15, -0.1) is 0 Å². The predicted molar refractivity (Wildman–Crippen MR) is 57.0 cm³/mol. The van der Waals surface area contributed by atoms with Crippen LogP contribution in [0.25, 0.3) is 0 Å². The molecule has 0 aromatic carbocycles. The van der Waals surface area contributed by atoms with Crippen LogP contribution in [0.15, 0.2) is 0 Å². The first-order valence-corrected chi connectivity index (χ1v) is 5.14. The molecule has 0 aromatic heterocycles. The summed E-state index contributed by atoms with van der Waals surface area (Å²) in [6.07, 6.45) is 0. The largest absolute Gasteiger partial charge is 0.480 e. The average Bonchev–Trinajstić information content (AvgIpc) is 2.20. The molecule has 15 heavy (non-hydrogen) atoms. The van der Waals surface area contributed by atoms with Crippen LogP contribution in [0.4, 0.5) is 0 Å². The van der Waals surface area contributed by atoms with Gasteiger partial charge in [-0.1, -0.05) is 0 Å². The van der Waals surface area contributed by atoms with Crippen LogP contribution in [0.3, 0.4) is 0 Å². The molecular weight excluding hydrogens is 198 g/mol. The Morgan fingerprint density at radius 2 is 2.20 bits per heavy atom. The van der Waals surface area contributed by atoms with Crippen molar-refractivity contribution in [1.82, 2.24) is 4.90 Å². The molecule has 1 N–H and O–H groups in total. The van der Waals surface area contributed by atoms with Crippen molar-refractivity contribution in [2.45, 2.75) is 19.9 Å². The monoisotopic (exact) mass is 219 g/mol. The Hall–Kier alpha value is -0.650. The van der Waals surface area contributed by atoms with Gasteiger partial charge in [0, 0.05) is 26.3 Å². The van der Waals surface area contributed by atoms with E-state index in [2.05, 4.69) is 0 Å². The average molecular weight is 219 g/mol. The Kier molecular flexibility index (Phi) is 8.27. The molecule has 5 heteroatoms. The van der Waals surface area contributed by atoms with Crippen LogP contribution in [-0.4, -0.2) is 62.0 Å². The van der Waals surface area contributed by atoms with Gasteiger partial charge in [0.25, 0.3) is 0 Å². The SMILES string of the molecule is CCOCC(C)N(CCOC)CC(=O)O. The molecule has 0 bridgehead atoms. The lowest BCUT2D eigenvalue weighted by molar-refractivity contribution is -0.139. The van der Waals surface area contributed by atoms with E-state index >= 15 is 0 Å². The Morgan fingerprint density at radius 1 is 1.53 bits per heavy atom. The van der Waals surface area contributed by atoms with Crippen LogP contribution in [0.2, 0.25) is 0 Å². The summed E-state index contributed by atoms with van der Waals surface area (Å²) in [5.41, 5.74) is 0. The van der Waals surface area contributed by atoms with Gasteiger partial charge < -0.3 is 14.6 Å². The highest BCUT2D eigenvalue weighted by Gasteiger charge is 2.16. The van der Waals surface area contributed by atoms with Gasteiger partial charge in [0.2, 0.25) is 0 Å². The molecule has 0 rings (SSSR count). The van der Waals surface area contributed by atoms with Gasteiger partial charge in [-0.05, 0) is 13.8 Å². The number of hydrogen-bond donors (Lipinski definition) is 1. The molecule has 0 saturated heterocycles. The zero-order valence-corrected chi connectivity index (χ0v) is 9.73. The fourth-order valence-electron chi connectivity index (χ4n) is 1.23. The molecule has 0 amide bonds. The summed E-state index contributed by atoms with van der Waals surface area (Å²) in [7, 11) is 1.60. The van der Waals surface area contributed by atoms with Crippen molar-refractivity contribution < 1.29 is 19.4 Å². The maximum Gasteiger partial charge on any atom is 0.317 e. The van der Waals surface area contributed by atoms with Crippen LogP contribution in [0.5, 0.6) is 0 Å². The number of rotatable bonds is 9. The summed E-state index contributed by atoms with van der Waals surface area (Å²) < 4.78 is 10.2. The molecule has 0 spiro atoms. The van der Waals surface area contributed by atoms with E-state index < -0.39 is 5.97 Å². The van der Waals surface area contributed by atoms with Crippen molar-refractivity contribution in [2.75, 3.05) is 40.0 Å². The topological polar surface area (TPSA) is 59.0 Å². The number of nitrogens with zero attached hydrogens (tertiary/aromatic N) is 1. The lowest BCUT2D eigenvalue weighted by Gasteiger charge is -2.26. The van der Waals surface area contributed by atoms with Crippen molar-refractivity contribution in [1.29, 1.82) is 0 Å². The highest BCUT2D eigenvalue weighted by atomic mass is 16.5. The van der Waals surface area contributed by atoms with Gasteiger partial charge in [0.15, 0.2) is 0 Å². The molecular formula is C10H21NO4. The Labute approximate surface area is 91.0 Å². The van der Waals surface area contributed by atoms with Gasteiger partial charge in [-0.25, -0.2) is 0 Å². The maximum absolute atomic E-state index is 10.6. The van der Waals surface area contributed by atoms with Gasteiger partial charge in [-0.3, -0.25) is 9.69 Å².